The van der Waals surface area contributed by atoms with Crippen molar-refractivity contribution in [3.63, 3.8) is 0 Å². The van der Waals surface area contributed by atoms with Gasteiger partial charge in [-0.1, -0.05) is 23.7 Å². The summed E-state index contributed by atoms with van der Waals surface area (Å²) in [4.78, 5) is 11.0. The lowest BCUT2D eigenvalue weighted by Crippen LogP contribution is -2.50. The van der Waals surface area contributed by atoms with Crippen LogP contribution in [0.1, 0.15) is 6.42 Å². The molecular formula is C12H15ClN2O4S. The first-order valence-corrected chi connectivity index (χ1v) is 7.96. The van der Waals surface area contributed by atoms with Crippen LogP contribution in [0.2, 0.25) is 5.02 Å². The predicted molar refractivity (Wildman–Crippen MR) is 74.2 cm³/mol. The van der Waals surface area contributed by atoms with E-state index in [4.69, 9.17) is 16.7 Å². The lowest BCUT2D eigenvalue weighted by Gasteiger charge is -2.28. The number of carboxylic acid groups (broad SMARTS) is 1. The third-order valence-electron chi connectivity index (χ3n) is 3.15. The van der Waals surface area contributed by atoms with Gasteiger partial charge >= 0.3 is 5.97 Å². The number of aliphatic carboxylic acids is 1. The van der Waals surface area contributed by atoms with Gasteiger partial charge in [-0.15, -0.1) is 0 Å². The van der Waals surface area contributed by atoms with Gasteiger partial charge in [0.1, 0.15) is 4.90 Å². The summed E-state index contributed by atoms with van der Waals surface area (Å²) in [5, 5.41) is 12.0. The summed E-state index contributed by atoms with van der Waals surface area (Å²) in [7, 11) is -3.75. The van der Waals surface area contributed by atoms with Gasteiger partial charge in [0.25, 0.3) is 0 Å². The molecule has 20 heavy (non-hydrogen) atoms. The number of carboxylic acids is 1. The molecule has 0 radical (unpaired) electrons. The van der Waals surface area contributed by atoms with E-state index >= 15 is 0 Å². The Bertz CT molecular complexity index is 605. The second-order valence-electron chi connectivity index (χ2n) is 4.68. The molecule has 6 nitrogen and oxygen atoms in total. The van der Waals surface area contributed by atoms with Crippen molar-refractivity contribution in [2.24, 2.45) is 5.92 Å². The highest BCUT2D eigenvalue weighted by Crippen LogP contribution is 2.21. The minimum atomic E-state index is -3.75. The molecule has 3 N–H and O–H groups in total. The van der Waals surface area contributed by atoms with Crippen LogP contribution in [0.5, 0.6) is 0 Å². The molecule has 0 aromatic heterocycles. The Hall–Kier alpha value is -1.15. The number of hydrogen-bond donors (Lipinski definition) is 3. The maximum absolute atomic E-state index is 12.2. The molecule has 110 valence electrons. The third kappa shape index (κ3) is 3.49. The van der Waals surface area contributed by atoms with Gasteiger partial charge < -0.3 is 10.4 Å². The first-order valence-electron chi connectivity index (χ1n) is 6.10. The van der Waals surface area contributed by atoms with Crippen molar-refractivity contribution in [3.05, 3.63) is 29.3 Å². The molecule has 1 aliphatic rings. The van der Waals surface area contributed by atoms with E-state index in [-0.39, 0.29) is 16.3 Å². The number of piperidine rings is 1. The van der Waals surface area contributed by atoms with E-state index in [1.54, 1.807) is 12.1 Å². The van der Waals surface area contributed by atoms with E-state index < -0.39 is 28.0 Å². The van der Waals surface area contributed by atoms with Gasteiger partial charge in [-0.25, -0.2) is 13.1 Å². The number of hydrogen-bond acceptors (Lipinski definition) is 4. The van der Waals surface area contributed by atoms with Gasteiger partial charge in [0.2, 0.25) is 10.0 Å². The fraction of sp³-hybridized carbons (Fsp3) is 0.417. The number of carbonyl (C=O) groups is 1. The Morgan fingerprint density at radius 3 is 2.70 bits per heavy atom. The van der Waals surface area contributed by atoms with Crippen LogP contribution in [0.25, 0.3) is 0 Å². The van der Waals surface area contributed by atoms with Crippen LogP contribution in [-0.2, 0) is 14.8 Å². The molecule has 1 saturated heterocycles. The highest BCUT2D eigenvalue weighted by Gasteiger charge is 2.30. The minimum Gasteiger partial charge on any atom is -0.481 e. The van der Waals surface area contributed by atoms with Crippen LogP contribution in [0.15, 0.2) is 29.2 Å². The van der Waals surface area contributed by atoms with Gasteiger partial charge in [0.15, 0.2) is 0 Å². The molecule has 0 spiro atoms. The van der Waals surface area contributed by atoms with E-state index in [0.29, 0.717) is 13.1 Å². The number of sulfonamides is 1. The van der Waals surface area contributed by atoms with Crippen molar-refractivity contribution in [2.75, 3.05) is 13.1 Å². The average Bonchev–Trinajstić information content (AvgIpc) is 2.38. The molecule has 0 unspecified atom stereocenters. The standard InChI is InChI=1S/C12H15ClN2O4S/c13-10-3-1-2-4-11(10)20(18,19)15-9-5-8(12(16)17)6-14-7-9/h1-4,8-9,14-15H,5-7H2,(H,16,17)/t8-,9+/m0/s1. The molecule has 0 amide bonds. The summed E-state index contributed by atoms with van der Waals surface area (Å²) in [6, 6.07) is 5.67. The zero-order valence-electron chi connectivity index (χ0n) is 10.5. The Balaban J connectivity index is 2.13. The molecule has 0 aliphatic carbocycles. The van der Waals surface area contributed by atoms with E-state index in [2.05, 4.69) is 10.0 Å². The molecule has 1 fully saturated rings. The Morgan fingerprint density at radius 2 is 2.05 bits per heavy atom. The summed E-state index contributed by atoms with van der Waals surface area (Å²) >= 11 is 5.88. The second kappa shape index (κ2) is 6.09. The van der Waals surface area contributed by atoms with Crippen LogP contribution in [0.3, 0.4) is 0 Å². The van der Waals surface area contributed by atoms with Crippen LogP contribution in [-0.4, -0.2) is 38.6 Å². The van der Waals surface area contributed by atoms with Gasteiger partial charge in [-0.3, -0.25) is 4.79 Å². The van der Waals surface area contributed by atoms with Crippen molar-refractivity contribution in [2.45, 2.75) is 17.4 Å². The fourth-order valence-corrected chi connectivity index (χ4v) is 3.93. The number of benzene rings is 1. The van der Waals surface area contributed by atoms with Gasteiger partial charge in [-0.05, 0) is 18.6 Å². The molecule has 1 aromatic rings. The number of halogens is 1. The summed E-state index contributed by atoms with van der Waals surface area (Å²) < 4.78 is 27.0. The van der Waals surface area contributed by atoms with Gasteiger partial charge in [0, 0.05) is 19.1 Å². The zero-order valence-corrected chi connectivity index (χ0v) is 12.1. The molecule has 1 aromatic carbocycles. The quantitative estimate of drug-likeness (QED) is 0.759. The molecule has 8 heteroatoms. The number of nitrogens with one attached hydrogen (secondary N) is 2. The summed E-state index contributed by atoms with van der Waals surface area (Å²) in [5.41, 5.74) is 0. The topological polar surface area (TPSA) is 95.5 Å². The van der Waals surface area contributed by atoms with Crippen molar-refractivity contribution in [3.8, 4) is 0 Å². The molecule has 2 atom stereocenters. The van der Waals surface area contributed by atoms with Gasteiger partial charge in [0.05, 0.1) is 10.9 Å². The zero-order chi connectivity index (χ0) is 14.8. The number of rotatable bonds is 4. The van der Waals surface area contributed by atoms with Gasteiger partial charge in [-0.2, -0.15) is 0 Å². The average molecular weight is 319 g/mol. The SMILES string of the molecule is O=C(O)[C@@H]1CNC[C@H](NS(=O)(=O)c2ccccc2Cl)C1. The summed E-state index contributed by atoms with van der Waals surface area (Å²) in [6.45, 7) is 0.743. The Labute approximate surface area is 122 Å². The predicted octanol–water partition coefficient (Wildman–Crippen LogP) is 0.681. The first kappa shape index (κ1) is 15.2. The molecule has 2 rings (SSSR count). The summed E-state index contributed by atoms with van der Waals surface area (Å²) in [5.74, 6) is -1.53. The Morgan fingerprint density at radius 1 is 1.35 bits per heavy atom. The highest BCUT2D eigenvalue weighted by molar-refractivity contribution is 7.89. The van der Waals surface area contributed by atoms with Crippen LogP contribution in [0, 0.1) is 5.92 Å². The third-order valence-corrected chi connectivity index (χ3v) is 5.17. The fourth-order valence-electron chi connectivity index (χ4n) is 2.17. The molecule has 0 bridgehead atoms. The maximum atomic E-state index is 12.2. The molecule has 0 saturated carbocycles. The monoisotopic (exact) mass is 318 g/mol. The van der Waals surface area contributed by atoms with E-state index in [1.165, 1.54) is 12.1 Å². The van der Waals surface area contributed by atoms with E-state index in [0.717, 1.165) is 0 Å². The largest absolute Gasteiger partial charge is 0.481 e. The van der Waals surface area contributed by atoms with E-state index in [1.807, 2.05) is 0 Å². The van der Waals surface area contributed by atoms with Crippen molar-refractivity contribution < 1.29 is 18.3 Å². The van der Waals surface area contributed by atoms with Crippen molar-refractivity contribution >= 4 is 27.6 Å². The Kier molecular flexibility index (Phi) is 4.64. The molecule has 1 aliphatic heterocycles. The van der Waals surface area contributed by atoms with Crippen molar-refractivity contribution in [1.29, 1.82) is 0 Å². The smallest absolute Gasteiger partial charge is 0.307 e. The summed E-state index contributed by atoms with van der Waals surface area (Å²) in [6.07, 6.45) is 0.256. The van der Waals surface area contributed by atoms with Crippen LogP contribution >= 0.6 is 11.6 Å². The van der Waals surface area contributed by atoms with E-state index in [9.17, 15) is 13.2 Å². The lowest BCUT2D eigenvalue weighted by atomic mass is 9.97. The first-order chi connectivity index (χ1) is 9.40. The van der Waals surface area contributed by atoms with Crippen molar-refractivity contribution in [1.82, 2.24) is 10.0 Å². The molecular weight excluding hydrogens is 304 g/mol. The minimum absolute atomic E-state index is 0.000819. The highest BCUT2D eigenvalue weighted by atomic mass is 35.5. The van der Waals surface area contributed by atoms with Crippen LogP contribution < -0.4 is 10.0 Å². The van der Waals surface area contributed by atoms with Crippen LogP contribution in [0.4, 0.5) is 0 Å². The molecule has 1 heterocycles. The maximum Gasteiger partial charge on any atom is 0.307 e. The second-order valence-corrected chi connectivity index (χ2v) is 6.77. The lowest BCUT2D eigenvalue weighted by molar-refractivity contribution is -0.142. The normalized spacial score (nSPS) is 23.4.